The van der Waals surface area contributed by atoms with Crippen molar-refractivity contribution in [1.29, 1.82) is 0 Å². The molecule has 0 spiro atoms. The van der Waals surface area contributed by atoms with Gasteiger partial charge in [0, 0.05) is 11.6 Å². The fourth-order valence-electron chi connectivity index (χ4n) is 6.28. The predicted molar refractivity (Wildman–Crippen MR) is 132 cm³/mol. The van der Waals surface area contributed by atoms with Crippen LogP contribution in [0.3, 0.4) is 0 Å². The van der Waals surface area contributed by atoms with E-state index in [4.69, 9.17) is 23.1 Å². The number of aromatic nitrogens is 4. The number of pyridine rings is 1. The van der Waals surface area contributed by atoms with Crippen LogP contribution in [0.2, 0.25) is 5.02 Å². The molecular weight excluding hydrogens is 452 g/mol. The second-order valence-electron chi connectivity index (χ2n) is 9.85. The fourth-order valence-corrected chi connectivity index (χ4v) is 6.44. The summed E-state index contributed by atoms with van der Waals surface area (Å²) in [5.74, 6) is 1.56. The summed E-state index contributed by atoms with van der Waals surface area (Å²) in [6.07, 6.45) is 3.92. The largest absolute Gasteiger partial charge is 0.388 e. The summed E-state index contributed by atoms with van der Waals surface area (Å²) in [7, 11) is 0. The van der Waals surface area contributed by atoms with Gasteiger partial charge in [-0.25, -0.2) is 15.0 Å². The molecule has 6 N–H and O–H groups in total. The molecule has 9 heteroatoms. The molecule has 0 saturated heterocycles. The van der Waals surface area contributed by atoms with Crippen LogP contribution in [0.15, 0.2) is 36.5 Å². The van der Waals surface area contributed by atoms with Crippen molar-refractivity contribution in [3.63, 3.8) is 0 Å². The van der Waals surface area contributed by atoms with Crippen molar-refractivity contribution in [2.75, 3.05) is 11.5 Å². The molecule has 176 valence electrons. The highest BCUT2D eigenvalue weighted by molar-refractivity contribution is 6.33. The minimum Gasteiger partial charge on any atom is -0.388 e. The first-order valence-corrected chi connectivity index (χ1v) is 12.0. The second-order valence-corrected chi connectivity index (χ2v) is 10.3. The molecule has 5 atom stereocenters. The normalized spacial score (nSPS) is 28.7. The summed E-state index contributed by atoms with van der Waals surface area (Å²) >= 11 is 6.11. The Morgan fingerprint density at radius 3 is 2.79 bits per heavy atom. The lowest BCUT2D eigenvalue weighted by atomic mass is 9.84. The Bertz CT molecular complexity index is 1440. The van der Waals surface area contributed by atoms with Crippen LogP contribution in [0.1, 0.15) is 36.7 Å². The van der Waals surface area contributed by atoms with E-state index in [9.17, 15) is 10.2 Å². The van der Waals surface area contributed by atoms with E-state index < -0.39 is 11.7 Å². The zero-order valence-electron chi connectivity index (χ0n) is 18.8. The predicted octanol–water partition coefficient (Wildman–Crippen LogP) is 3.41. The summed E-state index contributed by atoms with van der Waals surface area (Å²) in [4.78, 5) is 13.2. The molecular formula is C25H27ClN6O2. The van der Waals surface area contributed by atoms with E-state index in [1.54, 1.807) is 6.92 Å². The third-order valence-corrected chi connectivity index (χ3v) is 8.23. The van der Waals surface area contributed by atoms with Crippen molar-refractivity contribution in [2.24, 2.45) is 11.8 Å². The highest BCUT2D eigenvalue weighted by atomic mass is 35.5. The Hall–Kier alpha value is -2.94. The summed E-state index contributed by atoms with van der Waals surface area (Å²) in [5.41, 5.74) is 13.5. The fraction of sp³-hybridized carbons (Fsp3) is 0.400. The zero-order valence-corrected chi connectivity index (χ0v) is 19.6. The minimum absolute atomic E-state index is 0.0239. The molecule has 34 heavy (non-hydrogen) atoms. The molecule has 0 unspecified atom stereocenters. The number of fused-ring (bicyclic) bond motifs is 3. The number of benzene rings is 1. The van der Waals surface area contributed by atoms with Crippen LogP contribution in [0.5, 0.6) is 0 Å². The number of aliphatic hydroxyl groups excluding tert-OH is 1. The van der Waals surface area contributed by atoms with E-state index in [1.165, 1.54) is 0 Å². The molecule has 8 nitrogen and oxygen atoms in total. The molecule has 3 heterocycles. The van der Waals surface area contributed by atoms with Crippen LogP contribution in [-0.2, 0) is 6.42 Å². The topological polar surface area (TPSA) is 136 Å². The van der Waals surface area contributed by atoms with Crippen molar-refractivity contribution < 1.29 is 10.2 Å². The molecule has 6 rings (SSSR count). The Labute approximate surface area is 201 Å². The van der Waals surface area contributed by atoms with Gasteiger partial charge >= 0.3 is 0 Å². The van der Waals surface area contributed by atoms with Crippen LogP contribution in [-0.4, -0.2) is 41.4 Å². The highest BCUT2D eigenvalue weighted by Gasteiger charge is 2.59. The number of aliphatic hydroxyl groups is 2. The van der Waals surface area contributed by atoms with Crippen LogP contribution in [0.25, 0.3) is 21.9 Å². The molecule has 2 saturated carbocycles. The van der Waals surface area contributed by atoms with E-state index >= 15 is 0 Å². The van der Waals surface area contributed by atoms with Gasteiger partial charge in [0.05, 0.1) is 27.6 Å². The molecule has 4 aromatic rings. The number of aryl methyl sites for hydroxylation is 1. The summed E-state index contributed by atoms with van der Waals surface area (Å²) < 4.78 is 1.96. The van der Waals surface area contributed by atoms with Crippen LogP contribution < -0.4 is 11.5 Å². The maximum absolute atomic E-state index is 11.6. The molecule has 0 radical (unpaired) electrons. The van der Waals surface area contributed by atoms with E-state index in [1.807, 2.05) is 35.0 Å². The standard InChI is InChI=1S/C25H27ClN6O2/c1-12-29-22(27)16-5-7-32(24(16)30-12)20-11-17-14(4-6-25(17,34)21(20)33)8-13-2-3-15-10-18(26)23(28)31-19(15)9-13/h2-3,5,7,9-10,14,17,20-21,33-34H,4,6,8,11H2,1H3,(H2,28,31)(H2,27,29,30)/t14-,17+,20+,21-,25+/m0/s1. The lowest BCUT2D eigenvalue weighted by molar-refractivity contribution is -0.0799. The molecule has 2 aliphatic carbocycles. The number of anilines is 2. The first-order valence-electron chi connectivity index (χ1n) is 11.6. The number of nitrogens with zero attached hydrogens (tertiary/aromatic N) is 4. The van der Waals surface area contributed by atoms with Gasteiger partial charge in [-0.2, -0.15) is 0 Å². The monoisotopic (exact) mass is 478 g/mol. The van der Waals surface area contributed by atoms with Gasteiger partial charge < -0.3 is 26.2 Å². The van der Waals surface area contributed by atoms with Gasteiger partial charge in [0.15, 0.2) is 0 Å². The third kappa shape index (κ3) is 3.16. The van der Waals surface area contributed by atoms with E-state index in [0.29, 0.717) is 41.0 Å². The maximum atomic E-state index is 11.6. The van der Waals surface area contributed by atoms with Crippen LogP contribution in [0.4, 0.5) is 11.6 Å². The molecule has 0 aliphatic heterocycles. The average molecular weight is 479 g/mol. The van der Waals surface area contributed by atoms with E-state index in [0.717, 1.165) is 34.7 Å². The molecule has 1 aromatic carbocycles. The van der Waals surface area contributed by atoms with Crippen molar-refractivity contribution in [3.8, 4) is 0 Å². The van der Waals surface area contributed by atoms with Crippen molar-refractivity contribution in [3.05, 3.63) is 52.9 Å². The van der Waals surface area contributed by atoms with Crippen molar-refractivity contribution in [2.45, 2.75) is 50.4 Å². The SMILES string of the molecule is Cc1nc(N)c2ccn([C@@H]3C[C@@H]4[C@H](Cc5ccc6cc(Cl)c(N)nc6c5)CC[C@]4(O)[C@H]3O)c2n1. The first kappa shape index (κ1) is 21.6. The number of hydrogen-bond acceptors (Lipinski definition) is 7. The maximum Gasteiger partial charge on any atom is 0.146 e. The lowest BCUT2D eigenvalue weighted by Gasteiger charge is -2.29. The van der Waals surface area contributed by atoms with Crippen molar-refractivity contribution >= 4 is 45.2 Å². The van der Waals surface area contributed by atoms with E-state index in [-0.39, 0.29) is 17.9 Å². The van der Waals surface area contributed by atoms with Gasteiger partial charge in [-0.15, -0.1) is 0 Å². The van der Waals surface area contributed by atoms with Crippen LogP contribution >= 0.6 is 11.6 Å². The molecule has 2 aliphatic rings. The van der Waals surface area contributed by atoms with Gasteiger partial charge in [0.2, 0.25) is 0 Å². The summed E-state index contributed by atoms with van der Waals surface area (Å²) in [6, 6.07) is 9.57. The lowest BCUT2D eigenvalue weighted by Crippen LogP contribution is -2.42. The second kappa shape index (κ2) is 7.53. The molecule has 2 fully saturated rings. The molecule has 0 amide bonds. The summed E-state index contributed by atoms with van der Waals surface area (Å²) in [6.45, 7) is 1.80. The van der Waals surface area contributed by atoms with Crippen molar-refractivity contribution in [1.82, 2.24) is 19.5 Å². The molecule has 0 bridgehead atoms. The number of halogens is 1. The van der Waals surface area contributed by atoms with Gasteiger partial charge in [-0.1, -0.05) is 23.7 Å². The van der Waals surface area contributed by atoms with Gasteiger partial charge in [0.25, 0.3) is 0 Å². The molecule has 3 aromatic heterocycles. The van der Waals surface area contributed by atoms with Crippen LogP contribution in [0, 0.1) is 18.8 Å². The zero-order chi connectivity index (χ0) is 23.8. The number of rotatable bonds is 3. The number of hydrogen-bond donors (Lipinski definition) is 4. The Morgan fingerprint density at radius 2 is 1.97 bits per heavy atom. The average Bonchev–Trinajstić information content (AvgIpc) is 3.42. The number of nitrogen functional groups attached to an aromatic ring is 2. The highest BCUT2D eigenvalue weighted by Crippen LogP contribution is 2.55. The minimum atomic E-state index is -1.12. The number of nitrogens with two attached hydrogens (primary N) is 2. The summed E-state index contributed by atoms with van der Waals surface area (Å²) in [5, 5.41) is 25.0. The smallest absolute Gasteiger partial charge is 0.146 e. The first-order chi connectivity index (χ1) is 16.2. The van der Waals surface area contributed by atoms with Gasteiger partial charge in [-0.05, 0) is 68.2 Å². The Morgan fingerprint density at radius 1 is 1.15 bits per heavy atom. The Balaban J connectivity index is 1.30. The van der Waals surface area contributed by atoms with Gasteiger partial charge in [0.1, 0.15) is 29.2 Å². The third-order valence-electron chi connectivity index (χ3n) is 7.93. The quantitative estimate of drug-likeness (QED) is 0.354. The Kier molecular flexibility index (Phi) is 4.78. The van der Waals surface area contributed by atoms with Gasteiger partial charge in [-0.3, -0.25) is 0 Å². The van der Waals surface area contributed by atoms with E-state index in [2.05, 4.69) is 21.0 Å².